The predicted octanol–water partition coefficient (Wildman–Crippen LogP) is 3.15. The van der Waals surface area contributed by atoms with E-state index in [4.69, 9.17) is 4.74 Å². The lowest BCUT2D eigenvalue weighted by atomic mass is 10.1. The fraction of sp³-hybridized carbons (Fsp3) is 0.562. The van der Waals surface area contributed by atoms with Crippen molar-refractivity contribution in [2.45, 2.75) is 32.0 Å². The number of likely N-dealkylation sites (tertiary alicyclic amines) is 1. The molecule has 134 valence electrons. The second-order valence-electron chi connectivity index (χ2n) is 6.01. The third kappa shape index (κ3) is 5.59. The number of benzene rings is 1. The van der Waals surface area contributed by atoms with Crippen LogP contribution in [0.1, 0.15) is 18.4 Å². The van der Waals surface area contributed by atoms with Gasteiger partial charge in [0.1, 0.15) is 5.75 Å². The molecule has 24 heavy (non-hydrogen) atoms. The van der Waals surface area contributed by atoms with Crippen molar-refractivity contribution in [2.24, 2.45) is 0 Å². The van der Waals surface area contributed by atoms with Crippen molar-refractivity contribution in [3.8, 4) is 5.75 Å². The number of hydrogen-bond donors (Lipinski definition) is 2. The first-order valence-corrected chi connectivity index (χ1v) is 7.80. The molecule has 0 aromatic heterocycles. The van der Waals surface area contributed by atoms with Crippen LogP contribution in [0.5, 0.6) is 5.75 Å². The third-order valence-corrected chi connectivity index (χ3v) is 3.98. The number of rotatable bonds is 4. The highest BCUT2D eigenvalue weighted by Crippen LogP contribution is 2.27. The Bertz CT molecular complexity index is 570. The van der Waals surface area contributed by atoms with Crippen molar-refractivity contribution < 1.29 is 22.7 Å². The van der Waals surface area contributed by atoms with E-state index in [1.807, 2.05) is 7.05 Å². The first-order chi connectivity index (χ1) is 11.2. The molecular formula is C16H22F3N3O2. The quantitative estimate of drug-likeness (QED) is 0.881. The summed E-state index contributed by atoms with van der Waals surface area (Å²) in [6.45, 7) is 2.09. The number of halogens is 3. The van der Waals surface area contributed by atoms with Gasteiger partial charge in [0.05, 0.1) is 0 Å². The molecule has 1 saturated heterocycles. The van der Waals surface area contributed by atoms with Crippen LogP contribution < -0.4 is 15.4 Å². The van der Waals surface area contributed by atoms with E-state index in [0.717, 1.165) is 25.9 Å². The highest BCUT2D eigenvalue weighted by molar-refractivity contribution is 5.90. The van der Waals surface area contributed by atoms with E-state index >= 15 is 0 Å². The Balaban J connectivity index is 1.93. The summed E-state index contributed by atoms with van der Waals surface area (Å²) in [5.74, 6) is 0.101. The minimum atomic E-state index is -4.40. The summed E-state index contributed by atoms with van der Waals surface area (Å²) in [5, 5.41) is 5.57. The second-order valence-corrected chi connectivity index (χ2v) is 6.01. The summed E-state index contributed by atoms with van der Waals surface area (Å²) in [6, 6.07) is 4.36. The molecular weight excluding hydrogens is 323 g/mol. The first kappa shape index (κ1) is 18.4. The zero-order chi connectivity index (χ0) is 17.7. The number of carbonyl (C=O) groups is 1. The second kappa shape index (κ2) is 7.74. The van der Waals surface area contributed by atoms with Gasteiger partial charge in [0.2, 0.25) is 0 Å². The molecule has 1 heterocycles. The number of nitrogens with one attached hydrogen (secondary N) is 2. The zero-order valence-corrected chi connectivity index (χ0v) is 13.7. The molecule has 0 unspecified atom stereocenters. The van der Waals surface area contributed by atoms with Gasteiger partial charge in [-0.05, 0) is 52.0 Å². The molecule has 2 rings (SSSR count). The Morgan fingerprint density at radius 2 is 2.00 bits per heavy atom. The number of nitrogens with zero attached hydrogens (tertiary/aromatic N) is 1. The van der Waals surface area contributed by atoms with Crippen LogP contribution in [-0.4, -0.2) is 49.9 Å². The summed E-state index contributed by atoms with van der Waals surface area (Å²) < 4.78 is 41.6. The third-order valence-electron chi connectivity index (χ3n) is 3.98. The van der Waals surface area contributed by atoms with Crippen LogP contribution >= 0.6 is 0 Å². The molecule has 0 spiro atoms. The molecule has 8 heteroatoms. The van der Waals surface area contributed by atoms with Crippen molar-refractivity contribution in [3.63, 3.8) is 0 Å². The highest BCUT2D eigenvalue weighted by Gasteiger charge is 2.28. The Morgan fingerprint density at radius 1 is 1.33 bits per heavy atom. The van der Waals surface area contributed by atoms with E-state index in [9.17, 15) is 18.0 Å². The maximum Gasteiger partial charge on any atom is 0.422 e. The Hall–Kier alpha value is -1.96. The summed E-state index contributed by atoms with van der Waals surface area (Å²) in [6.07, 6.45) is -2.66. The van der Waals surface area contributed by atoms with E-state index in [1.54, 1.807) is 19.1 Å². The van der Waals surface area contributed by atoms with E-state index < -0.39 is 12.8 Å². The van der Waals surface area contributed by atoms with E-state index in [-0.39, 0.29) is 17.8 Å². The van der Waals surface area contributed by atoms with Crippen LogP contribution in [0.3, 0.4) is 0 Å². The van der Waals surface area contributed by atoms with Crippen LogP contribution in [0, 0.1) is 6.92 Å². The van der Waals surface area contributed by atoms with Crippen molar-refractivity contribution >= 4 is 11.7 Å². The van der Waals surface area contributed by atoms with Crippen molar-refractivity contribution in [2.75, 3.05) is 32.1 Å². The number of alkyl halides is 3. The molecule has 0 bridgehead atoms. The maximum atomic E-state index is 12.3. The van der Waals surface area contributed by atoms with Gasteiger partial charge in [-0.2, -0.15) is 13.2 Å². The number of ether oxygens (including phenoxy) is 1. The molecule has 1 fully saturated rings. The normalized spacial score (nSPS) is 16.7. The molecule has 0 atom stereocenters. The summed E-state index contributed by atoms with van der Waals surface area (Å²) in [7, 11) is 2.03. The van der Waals surface area contributed by atoms with E-state index in [1.165, 1.54) is 6.07 Å². The van der Waals surface area contributed by atoms with Gasteiger partial charge in [-0.3, -0.25) is 0 Å². The smallest absolute Gasteiger partial charge is 0.422 e. The monoisotopic (exact) mass is 345 g/mol. The topological polar surface area (TPSA) is 53.6 Å². The van der Waals surface area contributed by atoms with Gasteiger partial charge in [0.25, 0.3) is 0 Å². The minimum absolute atomic E-state index is 0.101. The van der Waals surface area contributed by atoms with E-state index in [2.05, 4.69) is 15.5 Å². The van der Waals surface area contributed by atoms with Crippen molar-refractivity contribution in [3.05, 3.63) is 23.8 Å². The van der Waals surface area contributed by atoms with Crippen LogP contribution in [0.2, 0.25) is 0 Å². The largest absolute Gasteiger partial charge is 0.484 e. The molecule has 1 aliphatic rings. The zero-order valence-electron chi connectivity index (χ0n) is 13.7. The molecule has 2 amide bonds. The van der Waals surface area contributed by atoms with Crippen LogP contribution in [-0.2, 0) is 0 Å². The Kier molecular flexibility index (Phi) is 5.93. The lowest BCUT2D eigenvalue weighted by molar-refractivity contribution is -0.153. The lowest BCUT2D eigenvalue weighted by Gasteiger charge is -2.29. The standard InChI is InChI=1S/C16H22F3N3O2/c1-11-13(4-3-5-14(11)24-10-16(17,18)19)21-15(23)20-12-6-8-22(2)9-7-12/h3-5,12H,6-10H2,1-2H3,(H2,20,21,23). The number of hydrogen-bond acceptors (Lipinski definition) is 3. The van der Waals surface area contributed by atoms with Crippen LogP contribution in [0.4, 0.5) is 23.7 Å². The molecule has 0 saturated carbocycles. The molecule has 5 nitrogen and oxygen atoms in total. The number of amides is 2. The van der Waals surface area contributed by atoms with Gasteiger partial charge in [0.15, 0.2) is 6.61 Å². The number of urea groups is 1. The number of carbonyl (C=O) groups excluding carboxylic acids is 1. The molecule has 1 aliphatic heterocycles. The van der Waals surface area contributed by atoms with E-state index in [0.29, 0.717) is 11.3 Å². The lowest BCUT2D eigenvalue weighted by Crippen LogP contribution is -2.44. The summed E-state index contributed by atoms with van der Waals surface area (Å²) in [5.41, 5.74) is 0.889. The average Bonchev–Trinajstić information content (AvgIpc) is 2.49. The van der Waals surface area contributed by atoms with Gasteiger partial charge in [-0.25, -0.2) is 4.79 Å². The molecule has 2 N–H and O–H groups in total. The number of piperidine rings is 1. The SMILES string of the molecule is Cc1c(NC(=O)NC2CCN(C)CC2)cccc1OCC(F)(F)F. The Labute approximate surface area is 139 Å². The molecule has 1 aromatic rings. The summed E-state index contributed by atoms with van der Waals surface area (Å²) >= 11 is 0. The van der Waals surface area contributed by atoms with Gasteiger partial charge in [-0.1, -0.05) is 6.07 Å². The fourth-order valence-corrected chi connectivity index (χ4v) is 2.56. The van der Waals surface area contributed by atoms with Crippen LogP contribution in [0.25, 0.3) is 0 Å². The van der Waals surface area contributed by atoms with Gasteiger partial charge in [0, 0.05) is 17.3 Å². The highest BCUT2D eigenvalue weighted by atomic mass is 19.4. The summed E-state index contributed by atoms with van der Waals surface area (Å²) in [4.78, 5) is 14.3. The van der Waals surface area contributed by atoms with Crippen molar-refractivity contribution in [1.82, 2.24) is 10.2 Å². The minimum Gasteiger partial charge on any atom is -0.484 e. The molecule has 1 aromatic carbocycles. The molecule has 0 aliphatic carbocycles. The first-order valence-electron chi connectivity index (χ1n) is 7.80. The van der Waals surface area contributed by atoms with Gasteiger partial charge >= 0.3 is 12.2 Å². The van der Waals surface area contributed by atoms with Crippen LogP contribution in [0.15, 0.2) is 18.2 Å². The Morgan fingerprint density at radius 3 is 2.62 bits per heavy atom. The average molecular weight is 345 g/mol. The maximum absolute atomic E-state index is 12.3. The number of anilines is 1. The fourth-order valence-electron chi connectivity index (χ4n) is 2.56. The predicted molar refractivity (Wildman–Crippen MR) is 85.4 cm³/mol. The van der Waals surface area contributed by atoms with Gasteiger partial charge in [-0.15, -0.1) is 0 Å². The molecule has 0 radical (unpaired) electrons. The van der Waals surface area contributed by atoms with Crippen molar-refractivity contribution in [1.29, 1.82) is 0 Å². The van der Waals surface area contributed by atoms with Gasteiger partial charge < -0.3 is 20.3 Å².